The van der Waals surface area contributed by atoms with Crippen molar-refractivity contribution < 1.29 is 24.8 Å². The van der Waals surface area contributed by atoms with E-state index in [1.165, 1.54) is 13.2 Å². The van der Waals surface area contributed by atoms with E-state index in [1.54, 1.807) is 24.3 Å². The van der Waals surface area contributed by atoms with Crippen LogP contribution < -0.4 is 0 Å². The summed E-state index contributed by atoms with van der Waals surface area (Å²) >= 11 is 0. The minimum absolute atomic E-state index is 0.192. The minimum atomic E-state index is -1.13. The Morgan fingerprint density at radius 2 is 1.81 bits per heavy atom. The average Bonchev–Trinajstić information content (AvgIpc) is 2.49. The third kappa shape index (κ3) is 2.36. The summed E-state index contributed by atoms with van der Waals surface area (Å²) in [4.78, 5) is 0. The maximum Gasteiger partial charge on any atom is 0.164 e. The maximum atomic E-state index is 9.83. The van der Waals surface area contributed by atoms with Gasteiger partial charge in [-0.05, 0) is 29.8 Å². The van der Waals surface area contributed by atoms with Crippen LogP contribution in [0, 0.1) is 5.92 Å². The summed E-state index contributed by atoms with van der Waals surface area (Å²) < 4.78 is 11.0. The molecule has 0 spiro atoms. The second kappa shape index (κ2) is 5.18. The molecule has 3 atom stereocenters. The number of ether oxygens (including phenoxy) is 2. The fourth-order valence-corrected chi connectivity index (χ4v) is 2.54. The maximum absolute atomic E-state index is 9.83. The Kier molecular flexibility index (Phi) is 3.35. The molecule has 3 rings (SSSR count). The molecule has 2 aliphatic rings. The number of methoxy groups -OCH3 is 1. The molecular weight excluding hydrogens is 272 g/mol. The average molecular weight is 288 g/mol. The summed E-state index contributed by atoms with van der Waals surface area (Å²) in [6.45, 7) is 0. The number of aromatic hydroxyl groups is 1. The number of benzene rings is 1. The molecule has 1 heterocycles. The van der Waals surface area contributed by atoms with E-state index in [0.29, 0.717) is 11.5 Å². The van der Waals surface area contributed by atoms with Crippen LogP contribution in [0.25, 0.3) is 0 Å². The zero-order valence-corrected chi connectivity index (χ0v) is 11.4. The first kappa shape index (κ1) is 13.6. The van der Waals surface area contributed by atoms with Crippen molar-refractivity contribution in [2.75, 3.05) is 7.11 Å². The van der Waals surface area contributed by atoms with E-state index < -0.39 is 6.10 Å². The van der Waals surface area contributed by atoms with Gasteiger partial charge in [0.25, 0.3) is 0 Å². The fraction of sp³-hybridized carbons (Fsp3) is 0.250. The molecule has 5 nitrogen and oxygen atoms in total. The fourth-order valence-electron chi connectivity index (χ4n) is 2.54. The van der Waals surface area contributed by atoms with Crippen LogP contribution in [0.5, 0.6) is 5.75 Å². The lowest BCUT2D eigenvalue weighted by molar-refractivity contribution is 0.0837. The molecule has 110 valence electrons. The lowest BCUT2D eigenvalue weighted by Gasteiger charge is -2.32. The standard InChI is InChI=1S/C16H16O5/c1-20-16-11-6-7-13(9-2-4-10(17)5-3-9)21-14(11)8-12(18)15(16)19/h2-8,11-13,17-19H,1H3/t11-,12+,13?/m1/s1. The highest BCUT2D eigenvalue weighted by atomic mass is 16.5. The van der Waals surface area contributed by atoms with E-state index in [2.05, 4.69) is 0 Å². The summed E-state index contributed by atoms with van der Waals surface area (Å²) in [7, 11) is 1.45. The van der Waals surface area contributed by atoms with Gasteiger partial charge in [-0.25, -0.2) is 0 Å². The molecule has 1 unspecified atom stereocenters. The van der Waals surface area contributed by atoms with Gasteiger partial charge in [0.1, 0.15) is 23.7 Å². The van der Waals surface area contributed by atoms with E-state index in [4.69, 9.17) is 9.47 Å². The lowest BCUT2D eigenvalue weighted by Crippen LogP contribution is -2.26. The van der Waals surface area contributed by atoms with Crippen molar-refractivity contribution in [2.24, 2.45) is 5.92 Å². The Hall–Kier alpha value is -2.40. The largest absolute Gasteiger partial charge is 0.508 e. The number of aliphatic hydroxyl groups excluding tert-OH is 2. The molecule has 0 fully saturated rings. The highest BCUT2D eigenvalue weighted by molar-refractivity contribution is 5.37. The Labute approximate surface area is 122 Å². The van der Waals surface area contributed by atoms with Crippen LogP contribution >= 0.6 is 0 Å². The second-order valence-corrected chi connectivity index (χ2v) is 4.96. The summed E-state index contributed by atoms with van der Waals surface area (Å²) in [5, 5.41) is 29.0. The number of phenolic OH excluding ortho intramolecular Hbond substituents is 1. The number of hydrogen-bond acceptors (Lipinski definition) is 5. The Morgan fingerprint density at radius 3 is 2.48 bits per heavy atom. The summed E-state index contributed by atoms with van der Waals surface area (Å²) in [6, 6.07) is 6.73. The molecule has 0 aromatic heterocycles. The molecule has 1 aromatic rings. The van der Waals surface area contributed by atoms with Crippen molar-refractivity contribution in [1.29, 1.82) is 0 Å². The predicted octanol–water partition coefficient (Wildman–Crippen LogP) is 2.31. The highest BCUT2D eigenvalue weighted by Gasteiger charge is 2.34. The van der Waals surface area contributed by atoms with Crippen molar-refractivity contribution in [3.8, 4) is 5.75 Å². The van der Waals surface area contributed by atoms with Crippen LogP contribution in [0.2, 0.25) is 0 Å². The molecule has 0 saturated carbocycles. The SMILES string of the molecule is COC1=C(O)[C@@H](O)C=C2OC(c3ccc(O)cc3)C=C[C@H]21. The molecule has 0 saturated heterocycles. The zero-order valence-electron chi connectivity index (χ0n) is 11.4. The topological polar surface area (TPSA) is 79.2 Å². The minimum Gasteiger partial charge on any atom is -0.508 e. The normalized spacial score (nSPS) is 27.7. The predicted molar refractivity (Wildman–Crippen MR) is 75.3 cm³/mol. The zero-order chi connectivity index (χ0) is 15.0. The summed E-state index contributed by atoms with van der Waals surface area (Å²) in [6.07, 6.45) is 3.77. The smallest absolute Gasteiger partial charge is 0.164 e. The first-order chi connectivity index (χ1) is 10.1. The van der Waals surface area contributed by atoms with E-state index in [-0.39, 0.29) is 23.5 Å². The highest BCUT2D eigenvalue weighted by Crippen LogP contribution is 2.39. The number of fused-ring (bicyclic) bond motifs is 1. The van der Waals surface area contributed by atoms with Crippen molar-refractivity contribution in [2.45, 2.75) is 12.2 Å². The van der Waals surface area contributed by atoms with Crippen LogP contribution in [0.3, 0.4) is 0 Å². The van der Waals surface area contributed by atoms with Gasteiger partial charge in [0.05, 0.1) is 13.0 Å². The molecule has 5 heteroatoms. The van der Waals surface area contributed by atoms with E-state index in [9.17, 15) is 15.3 Å². The van der Waals surface area contributed by atoms with Gasteiger partial charge in [-0.1, -0.05) is 18.2 Å². The molecule has 3 N–H and O–H groups in total. The van der Waals surface area contributed by atoms with Crippen LogP contribution in [0.1, 0.15) is 11.7 Å². The molecule has 1 aliphatic carbocycles. The van der Waals surface area contributed by atoms with Gasteiger partial charge in [-0.15, -0.1) is 0 Å². The van der Waals surface area contributed by atoms with Gasteiger partial charge in [-0.3, -0.25) is 0 Å². The van der Waals surface area contributed by atoms with Gasteiger partial charge < -0.3 is 24.8 Å². The second-order valence-electron chi connectivity index (χ2n) is 4.96. The molecule has 0 amide bonds. The molecule has 1 aromatic carbocycles. The molecular formula is C16H16O5. The van der Waals surface area contributed by atoms with E-state index in [1.807, 2.05) is 12.2 Å². The van der Waals surface area contributed by atoms with Gasteiger partial charge in [0, 0.05) is 0 Å². The van der Waals surface area contributed by atoms with Gasteiger partial charge in [0.2, 0.25) is 0 Å². The van der Waals surface area contributed by atoms with E-state index in [0.717, 1.165) is 5.56 Å². The summed E-state index contributed by atoms with van der Waals surface area (Å²) in [5.41, 5.74) is 0.885. The van der Waals surface area contributed by atoms with Gasteiger partial charge in [-0.2, -0.15) is 0 Å². The molecule has 0 bridgehead atoms. The number of aliphatic hydroxyl groups is 2. The van der Waals surface area contributed by atoms with Crippen molar-refractivity contribution in [1.82, 2.24) is 0 Å². The van der Waals surface area contributed by atoms with Crippen molar-refractivity contribution in [3.05, 3.63) is 65.3 Å². The first-order valence-electron chi connectivity index (χ1n) is 6.61. The third-order valence-corrected chi connectivity index (χ3v) is 3.63. The van der Waals surface area contributed by atoms with Gasteiger partial charge >= 0.3 is 0 Å². The monoisotopic (exact) mass is 288 g/mol. The van der Waals surface area contributed by atoms with Crippen LogP contribution in [0.15, 0.2) is 59.8 Å². The molecule has 21 heavy (non-hydrogen) atoms. The van der Waals surface area contributed by atoms with Crippen LogP contribution in [0.4, 0.5) is 0 Å². The Balaban J connectivity index is 1.91. The van der Waals surface area contributed by atoms with Crippen LogP contribution in [-0.4, -0.2) is 28.5 Å². The Morgan fingerprint density at radius 1 is 1.10 bits per heavy atom. The van der Waals surface area contributed by atoms with E-state index >= 15 is 0 Å². The third-order valence-electron chi connectivity index (χ3n) is 3.63. The first-order valence-corrected chi connectivity index (χ1v) is 6.61. The molecule has 0 radical (unpaired) electrons. The quantitative estimate of drug-likeness (QED) is 0.728. The lowest BCUT2D eigenvalue weighted by atomic mass is 9.91. The Bertz CT molecular complexity index is 627. The van der Waals surface area contributed by atoms with Crippen molar-refractivity contribution >= 4 is 0 Å². The van der Waals surface area contributed by atoms with Crippen LogP contribution in [-0.2, 0) is 9.47 Å². The number of phenols is 1. The van der Waals surface area contributed by atoms with Gasteiger partial charge in [0.15, 0.2) is 11.5 Å². The number of rotatable bonds is 2. The van der Waals surface area contributed by atoms with Crippen molar-refractivity contribution in [3.63, 3.8) is 0 Å². The number of hydrogen-bond donors (Lipinski definition) is 3. The molecule has 1 aliphatic heterocycles. The summed E-state index contributed by atoms with van der Waals surface area (Å²) in [5.74, 6) is 0.505.